The monoisotopic (exact) mass is 264 g/mol. The topological polar surface area (TPSA) is 16.1 Å². The molecule has 0 radical (unpaired) electrons. The van der Waals surface area contributed by atoms with Gasteiger partial charge in [-0.1, -0.05) is 0 Å². The fraction of sp³-hybridized carbons (Fsp3) is 0.444. The highest BCUT2D eigenvalue weighted by Gasteiger charge is 2.08. The van der Waals surface area contributed by atoms with E-state index in [1.165, 1.54) is 0 Å². The van der Waals surface area contributed by atoms with E-state index in [9.17, 15) is 8.78 Å². The van der Waals surface area contributed by atoms with Gasteiger partial charge in [-0.2, -0.15) is 0 Å². The minimum Gasteiger partial charge on any atom is -0.295 e. The zero-order chi connectivity index (χ0) is 10.6. The van der Waals surface area contributed by atoms with Gasteiger partial charge in [-0.25, -0.2) is 8.78 Å². The van der Waals surface area contributed by atoms with Gasteiger partial charge in [-0.15, -0.1) is 0 Å². The van der Waals surface area contributed by atoms with Crippen molar-refractivity contribution in [3.63, 3.8) is 0 Å². The highest BCUT2D eigenvalue weighted by Crippen LogP contribution is 2.09. The van der Waals surface area contributed by atoms with Crippen LogP contribution >= 0.6 is 15.9 Å². The third-order valence-electron chi connectivity index (χ3n) is 1.67. The summed E-state index contributed by atoms with van der Waals surface area (Å²) in [6.45, 7) is 0.218. The van der Waals surface area contributed by atoms with Crippen LogP contribution in [0, 0.1) is 0 Å². The van der Waals surface area contributed by atoms with Gasteiger partial charge in [0.05, 0.1) is 12.2 Å². The summed E-state index contributed by atoms with van der Waals surface area (Å²) in [7, 11) is 1.65. The van der Waals surface area contributed by atoms with Crippen LogP contribution in [0.1, 0.15) is 5.69 Å². The highest BCUT2D eigenvalue weighted by atomic mass is 79.9. The van der Waals surface area contributed by atoms with Crippen LogP contribution in [0.15, 0.2) is 22.8 Å². The van der Waals surface area contributed by atoms with Gasteiger partial charge in [0.25, 0.3) is 6.43 Å². The number of nitrogens with zero attached hydrogens (tertiary/aromatic N) is 2. The summed E-state index contributed by atoms with van der Waals surface area (Å²) in [5, 5.41) is 0. The molecule has 0 spiro atoms. The molecular weight excluding hydrogens is 254 g/mol. The second kappa shape index (κ2) is 5.36. The maximum atomic E-state index is 12.0. The maximum absolute atomic E-state index is 12.0. The van der Waals surface area contributed by atoms with E-state index in [1.54, 1.807) is 18.1 Å². The van der Waals surface area contributed by atoms with Gasteiger partial charge in [0.1, 0.15) is 0 Å². The van der Waals surface area contributed by atoms with Crippen molar-refractivity contribution in [1.82, 2.24) is 9.88 Å². The third-order valence-corrected chi connectivity index (χ3v) is 2.14. The smallest absolute Gasteiger partial charge is 0.251 e. The molecule has 0 N–H and O–H groups in total. The van der Waals surface area contributed by atoms with Crippen molar-refractivity contribution in [2.75, 3.05) is 13.6 Å². The molecule has 0 amide bonds. The summed E-state index contributed by atoms with van der Waals surface area (Å²) in [5.41, 5.74) is 0.788. The lowest BCUT2D eigenvalue weighted by Crippen LogP contribution is -2.24. The Hall–Kier alpha value is -0.550. The quantitative estimate of drug-likeness (QED) is 0.831. The van der Waals surface area contributed by atoms with Crippen LogP contribution in [-0.4, -0.2) is 29.9 Å². The number of pyridine rings is 1. The molecule has 0 aromatic carbocycles. The predicted molar refractivity (Wildman–Crippen MR) is 54.3 cm³/mol. The molecule has 5 heteroatoms. The summed E-state index contributed by atoms with van der Waals surface area (Å²) < 4.78 is 24.9. The van der Waals surface area contributed by atoms with E-state index in [1.807, 2.05) is 12.1 Å². The van der Waals surface area contributed by atoms with Crippen LogP contribution in [0.3, 0.4) is 0 Å². The average Bonchev–Trinajstić information content (AvgIpc) is 2.07. The molecule has 1 heterocycles. The Bertz CT molecular complexity index is 277. The minimum atomic E-state index is -2.30. The number of halogens is 3. The molecule has 1 rings (SSSR count). The minimum absolute atomic E-state index is 0.224. The van der Waals surface area contributed by atoms with Crippen LogP contribution in [0.2, 0.25) is 0 Å². The van der Waals surface area contributed by atoms with E-state index < -0.39 is 6.43 Å². The van der Waals surface area contributed by atoms with Gasteiger partial charge >= 0.3 is 0 Å². The Labute approximate surface area is 90.1 Å². The van der Waals surface area contributed by atoms with E-state index in [-0.39, 0.29) is 6.54 Å². The molecule has 1 aromatic heterocycles. The molecule has 78 valence electrons. The van der Waals surface area contributed by atoms with Gasteiger partial charge < -0.3 is 0 Å². The molecule has 0 bridgehead atoms. The van der Waals surface area contributed by atoms with E-state index in [0.29, 0.717) is 6.54 Å². The van der Waals surface area contributed by atoms with E-state index >= 15 is 0 Å². The van der Waals surface area contributed by atoms with Gasteiger partial charge in [-0.3, -0.25) is 9.88 Å². The molecule has 0 saturated heterocycles. The van der Waals surface area contributed by atoms with Crippen molar-refractivity contribution in [3.8, 4) is 0 Å². The molecule has 0 atom stereocenters. The normalized spacial score (nSPS) is 11.3. The standard InChI is InChI=1S/C9H11BrF2N2/c1-14(6-9(11)12)5-8-3-2-7(10)4-13-8/h2-4,9H,5-6H2,1H3. The number of aromatic nitrogens is 1. The number of rotatable bonds is 4. The molecule has 0 unspecified atom stereocenters. The van der Waals surface area contributed by atoms with Crippen molar-refractivity contribution in [2.24, 2.45) is 0 Å². The summed E-state index contributed by atoms with van der Waals surface area (Å²) in [5.74, 6) is 0. The zero-order valence-electron chi connectivity index (χ0n) is 7.75. The summed E-state index contributed by atoms with van der Waals surface area (Å²) in [4.78, 5) is 5.63. The van der Waals surface area contributed by atoms with Gasteiger partial charge in [0.2, 0.25) is 0 Å². The van der Waals surface area contributed by atoms with Gasteiger partial charge in [0.15, 0.2) is 0 Å². The fourth-order valence-electron chi connectivity index (χ4n) is 1.08. The van der Waals surface area contributed by atoms with E-state index in [0.717, 1.165) is 10.2 Å². The van der Waals surface area contributed by atoms with Crippen molar-refractivity contribution in [3.05, 3.63) is 28.5 Å². The number of alkyl halides is 2. The van der Waals surface area contributed by atoms with Crippen molar-refractivity contribution in [1.29, 1.82) is 0 Å². The Morgan fingerprint density at radius 2 is 2.21 bits per heavy atom. The molecule has 0 aliphatic rings. The SMILES string of the molecule is CN(Cc1ccc(Br)cn1)CC(F)F. The van der Waals surface area contributed by atoms with Crippen LogP contribution in [-0.2, 0) is 6.54 Å². The van der Waals surface area contributed by atoms with Crippen LogP contribution < -0.4 is 0 Å². The van der Waals surface area contributed by atoms with Crippen molar-refractivity contribution >= 4 is 15.9 Å². The summed E-state index contributed by atoms with van der Waals surface area (Å²) in [6.07, 6.45) is -0.638. The molecule has 0 aliphatic carbocycles. The Morgan fingerprint density at radius 1 is 1.50 bits per heavy atom. The highest BCUT2D eigenvalue weighted by molar-refractivity contribution is 9.10. The molecule has 1 aromatic rings. The Balaban J connectivity index is 2.47. The third kappa shape index (κ3) is 4.11. The Morgan fingerprint density at radius 3 is 2.71 bits per heavy atom. The van der Waals surface area contributed by atoms with Crippen LogP contribution in [0.5, 0.6) is 0 Å². The molecule has 0 aliphatic heterocycles. The van der Waals surface area contributed by atoms with Crippen LogP contribution in [0.4, 0.5) is 8.78 Å². The lowest BCUT2D eigenvalue weighted by molar-refractivity contribution is 0.0970. The largest absolute Gasteiger partial charge is 0.295 e. The van der Waals surface area contributed by atoms with E-state index in [4.69, 9.17) is 0 Å². The molecule has 2 nitrogen and oxygen atoms in total. The van der Waals surface area contributed by atoms with Gasteiger partial charge in [-0.05, 0) is 35.1 Å². The maximum Gasteiger partial charge on any atom is 0.251 e. The average molecular weight is 265 g/mol. The summed E-state index contributed by atoms with van der Waals surface area (Å²) in [6, 6.07) is 3.66. The van der Waals surface area contributed by atoms with Crippen molar-refractivity contribution < 1.29 is 8.78 Å². The zero-order valence-corrected chi connectivity index (χ0v) is 9.34. The van der Waals surface area contributed by atoms with Crippen molar-refractivity contribution in [2.45, 2.75) is 13.0 Å². The fourth-order valence-corrected chi connectivity index (χ4v) is 1.31. The van der Waals surface area contributed by atoms with E-state index in [2.05, 4.69) is 20.9 Å². The second-order valence-electron chi connectivity index (χ2n) is 3.06. The van der Waals surface area contributed by atoms with Gasteiger partial charge in [0, 0.05) is 17.2 Å². The first kappa shape index (κ1) is 11.5. The lowest BCUT2D eigenvalue weighted by Gasteiger charge is -2.14. The number of hydrogen-bond acceptors (Lipinski definition) is 2. The second-order valence-corrected chi connectivity index (χ2v) is 3.97. The molecule has 14 heavy (non-hydrogen) atoms. The van der Waals surface area contributed by atoms with Crippen LogP contribution in [0.25, 0.3) is 0 Å². The number of hydrogen-bond donors (Lipinski definition) is 0. The lowest BCUT2D eigenvalue weighted by atomic mass is 10.3. The molecular formula is C9H11BrF2N2. The first-order chi connectivity index (χ1) is 6.58. The molecule has 0 saturated carbocycles. The Kier molecular flexibility index (Phi) is 4.41. The molecule has 0 fully saturated rings. The first-order valence-corrected chi connectivity index (χ1v) is 4.94. The first-order valence-electron chi connectivity index (χ1n) is 4.15. The predicted octanol–water partition coefficient (Wildman–Crippen LogP) is 2.54. The summed E-state index contributed by atoms with van der Waals surface area (Å²) >= 11 is 3.26.